The van der Waals surface area contributed by atoms with E-state index in [1.54, 1.807) is 0 Å². The van der Waals surface area contributed by atoms with E-state index in [1.807, 2.05) is 0 Å². The van der Waals surface area contributed by atoms with Gasteiger partial charge in [0.15, 0.2) is 0 Å². The minimum atomic E-state index is -3.37. The molecule has 0 aromatic heterocycles. The second-order valence-corrected chi connectivity index (χ2v) is 6.78. The fraction of sp³-hybridized carbons (Fsp3) is 0.909. The van der Waals surface area contributed by atoms with Gasteiger partial charge in [-0.1, -0.05) is 0 Å². The molecule has 106 valence electrons. The Hall–Kier alpha value is -0.660. The molecule has 0 bridgehead atoms. The zero-order valence-electron chi connectivity index (χ0n) is 10.7. The van der Waals surface area contributed by atoms with Gasteiger partial charge in [-0.3, -0.25) is 4.79 Å². The molecule has 1 rings (SSSR count). The molecule has 1 saturated heterocycles. The number of nitrogens with zero attached hydrogens (tertiary/aromatic N) is 1. The van der Waals surface area contributed by atoms with Gasteiger partial charge in [0.25, 0.3) is 0 Å². The molecule has 0 aromatic carbocycles. The maximum absolute atomic E-state index is 11.9. The Kier molecular flexibility index (Phi) is 6.04. The molecule has 1 unspecified atom stereocenters. The maximum atomic E-state index is 11.9. The van der Waals surface area contributed by atoms with E-state index in [4.69, 9.17) is 9.84 Å². The lowest BCUT2D eigenvalue weighted by Crippen LogP contribution is -2.38. The van der Waals surface area contributed by atoms with Crippen LogP contribution in [0.1, 0.15) is 32.1 Å². The van der Waals surface area contributed by atoms with Gasteiger partial charge in [0.05, 0.1) is 11.9 Å². The third kappa shape index (κ3) is 5.32. The Morgan fingerprint density at radius 3 is 2.72 bits per heavy atom. The summed E-state index contributed by atoms with van der Waals surface area (Å²) < 4.78 is 30.5. The largest absolute Gasteiger partial charge is 0.481 e. The van der Waals surface area contributed by atoms with Crippen molar-refractivity contribution < 1.29 is 23.1 Å². The Labute approximate surface area is 108 Å². The summed E-state index contributed by atoms with van der Waals surface area (Å²) >= 11 is 0. The molecule has 0 aromatic rings. The van der Waals surface area contributed by atoms with Crippen molar-refractivity contribution in [1.82, 2.24) is 4.31 Å². The van der Waals surface area contributed by atoms with Gasteiger partial charge >= 0.3 is 5.97 Å². The van der Waals surface area contributed by atoms with E-state index in [0.717, 1.165) is 19.3 Å². The standard InChI is InChI=1S/C11H21NO5S/c1-12(9-10-5-2-3-7-17-10)18(15,16)8-4-6-11(13)14/h10H,2-9H2,1H3,(H,13,14). The van der Waals surface area contributed by atoms with Crippen LogP contribution in [0, 0.1) is 0 Å². The van der Waals surface area contributed by atoms with Gasteiger partial charge in [-0.05, 0) is 25.7 Å². The number of aliphatic carboxylic acids is 1. The van der Waals surface area contributed by atoms with Gasteiger partial charge in [-0.2, -0.15) is 0 Å². The molecular weight excluding hydrogens is 258 g/mol. The molecule has 0 spiro atoms. The van der Waals surface area contributed by atoms with Crippen molar-refractivity contribution in [3.63, 3.8) is 0 Å². The third-order valence-corrected chi connectivity index (χ3v) is 4.91. The Bertz CT molecular complexity index is 362. The minimum Gasteiger partial charge on any atom is -0.481 e. The number of sulfonamides is 1. The predicted molar refractivity (Wildman–Crippen MR) is 66.9 cm³/mol. The molecule has 0 amide bonds. The number of rotatable bonds is 7. The first-order valence-electron chi connectivity index (χ1n) is 6.19. The smallest absolute Gasteiger partial charge is 0.303 e. The molecule has 0 saturated carbocycles. The number of carboxylic acid groups (broad SMARTS) is 1. The van der Waals surface area contributed by atoms with Gasteiger partial charge in [-0.15, -0.1) is 0 Å². The molecule has 0 radical (unpaired) electrons. The van der Waals surface area contributed by atoms with E-state index in [9.17, 15) is 13.2 Å². The summed E-state index contributed by atoms with van der Waals surface area (Å²) in [6.07, 6.45) is 2.98. The van der Waals surface area contributed by atoms with Crippen molar-refractivity contribution in [1.29, 1.82) is 0 Å². The summed E-state index contributed by atoms with van der Waals surface area (Å²) in [5.41, 5.74) is 0. The average Bonchev–Trinajstić information content (AvgIpc) is 2.29. The quantitative estimate of drug-likeness (QED) is 0.741. The zero-order valence-corrected chi connectivity index (χ0v) is 11.5. The maximum Gasteiger partial charge on any atom is 0.303 e. The SMILES string of the molecule is CN(CC1CCCCO1)S(=O)(=O)CCCC(=O)O. The van der Waals surface area contributed by atoms with Crippen molar-refractivity contribution >= 4 is 16.0 Å². The van der Waals surface area contributed by atoms with Crippen LogP contribution in [0.2, 0.25) is 0 Å². The van der Waals surface area contributed by atoms with Gasteiger partial charge in [0, 0.05) is 26.6 Å². The summed E-state index contributed by atoms with van der Waals surface area (Å²) in [4.78, 5) is 10.3. The van der Waals surface area contributed by atoms with Crippen molar-refractivity contribution in [3.05, 3.63) is 0 Å². The third-order valence-electron chi connectivity index (χ3n) is 3.00. The molecule has 18 heavy (non-hydrogen) atoms. The Morgan fingerprint density at radius 2 is 2.17 bits per heavy atom. The first-order chi connectivity index (χ1) is 8.42. The molecule has 1 aliphatic rings. The van der Waals surface area contributed by atoms with E-state index < -0.39 is 16.0 Å². The summed E-state index contributed by atoms with van der Waals surface area (Å²) in [5.74, 6) is -1.09. The second kappa shape index (κ2) is 7.06. The van der Waals surface area contributed by atoms with E-state index in [2.05, 4.69) is 0 Å². The predicted octanol–water partition coefficient (Wildman–Crippen LogP) is 0.682. The number of ether oxygens (including phenoxy) is 1. The lowest BCUT2D eigenvalue weighted by molar-refractivity contribution is -0.137. The Morgan fingerprint density at radius 1 is 1.44 bits per heavy atom. The van der Waals surface area contributed by atoms with Crippen LogP contribution in [0.3, 0.4) is 0 Å². The number of hydrogen-bond donors (Lipinski definition) is 1. The molecule has 1 N–H and O–H groups in total. The van der Waals surface area contributed by atoms with E-state index >= 15 is 0 Å². The van der Waals surface area contributed by atoms with Crippen molar-refractivity contribution in [2.45, 2.75) is 38.2 Å². The topological polar surface area (TPSA) is 83.9 Å². The number of carboxylic acids is 1. The number of likely N-dealkylation sites (N-methyl/N-ethyl adjacent to an activating group) is 1. The lowest BCUT2D eigenvalue weighted by atomic mass is 10.1. The van der Waals surface area contributed by atoms with Gasteiger partial charge in [-0.25, -0.2) is 12.7 Å². The highest BCUT2D eigenvalue weighted by atomic mass is 32.2. The lowest BCUT2D eigenvalue weighted by Gasteiger charge is -2.27. The van der Waals surface area contributed by atoms with E-state index in [0.29, 0.717) is 13.2 Å². The molecule has 7 heteroatoms. The first kappa shape index (κ1) is 15.4. The van der Waals surface area contributed by atoms with Crippen molar-refractivity contribution in [3.8, 4) is 0 Å². The van der Waals surface area contributed by atoms with Crippen LogP contribution in [0.5, 0.6) is 0 Å². The summed E-state index contributed by atoms with van der Waals surface area (Å²) in [6.45, 7) is 1.05. The molecule has 1 atom stereocenters. The molecule has 1 aliphatic heterocycles. The van der Waals surface area contributed by atoms with Crippen LogP contribution in [-0.2, 0) is 19.6 Å². The molecule has 6 nitrogen and oxygen atoms in total. The van der Waals surface area contributed by atoms with Gasteiger partial charge in [0.1, 0.15) is 0 Å². The van der Waals surface area contributed by atoms with Crippen LogP contribution in [0.15, 0.2) is 0 Å². The van der Waals surface area contributed by atoms with Gasteiger partial charge in [0.2, 0.25) is 10.0 Å². The number of hydrogen-bond acceptors (Lipinski definition) is 4. The summed E-state index contributed by atoms with van der Waals surface area (Å²) in [6, 6.07) is 0. The van der Waals surface area contributed by atoms with Crippen LogP contribution >= 0.6 is 0 Å². The van der Waals surface area contributed by atoms with Crippen LogP contribution < -0.4 is 0 Å². The highest BCUT2D eigenvalue weighted by Gasteiger charge is 2.23. The van der Waals surface area contributed by atoms with Gasteiger partial charge < -0.3 is 9.84 Å². The molecule has 1 fully saturated rings. The number of carbonyl (C=O) groups is 1. The fourth-order valence-electron chi connectivity index (χ4n) is 1.91. The minimum absolute atomic E-state index is 0.0296. The second-order valence-electron chi connectivity index (χ2n) is 4.58. The highest BCUT2D eigenvalue weighted by Crippen LogP contribution is 2.15. The molecule has 1 heterocycles. The highest BCUT2D eigenvalue weighted by molar-refractivity contribution is 7.89. The van der Waals surface area contributed by atoms with Crippen LogP contribution in [0.4, 0.5) is 0 Å². The van der Waals surface area contributed by atoms with Crippen molar-refractivity contribution in [2.24, 2.45) is 0 Å². The van der Waals surface area contributed by atoms with Crippen LogP contribution in [-0.4, -0.2) is 55.9 Å². The normalized spacial score (nSPS) is 21.1. The monoisotopic (exact) mass is 279 g/mol. The summed E-state index contributed by atoms with van der Waals surface area (Å²) in [7, 11) is -1.84. The Balaban J connectivity index is 2.37. The molecule has 0 aliphatic carbocycles. The van der Waals surface area contributed by atoms with Crippen molar-refractivity contribution in [2.75, 3.05) is 26.0 Å². The summed E-state index contributed by atoms with van der Waals surface area (Å²) in [5, 5.41) is 8.48. The fourth-order valence-corrected chi connectivity index (χ4v) is 3.13. The van der Waals surface area contributed by atoms with E-state index in [1.165, 1.54) is 11.4 Å². The first-order valence-corrected chi connectivity index (χ1v) is 7.80. The molecular formula is C11H21NO5S. The van der Waals surface area contributed by atoms with E-state index in [-0.39, 0.29) is 24.7 Å². The zero-order chi connectivity index (χ0) is 13.6. The van der Waals surface area contributed by atoms with Crippen LogP contribution in [0.25, 0.3) is 0 Å². The average molecular weight is 279 g/mol.